The molecule has 25 heavy (non-hydrogen) atoms. The number of pyridine rings is 1. The first-order valence-corrected chi connectivity index (χ1v) is 10.2. The van der Waals surface area contributed by atoms with Crippen molar-refractivity contribution >= 4 is 21.8 Å². The number of aromatic nitrogens is 3. The topological polar surface area (TPSA) is 88.1 Å². The van der Waals surface area contributed by atoms with Crippen LogP contribution in [0, 0.1) is 13.8 Å². The molecule has 1 aliphatic rings. The molecule has 3 rings (SSSR count). The molecule has 0 aliphatic carbocycles. The predicted octanol–water partition coefficient (Wildman–Crippen LogP) is 2.37. The average molecular weight is 361 g/mol. The molecule has 1 fully saturated rings. The van der Waals surface area contributed by atoms with Gasteiger partial charge in [0.1, 0.15) is 5.82 Å². The number of sulfonamides is 1. The van der Waals surface area contributed by atoms with Gasteiger partial charge >= 0.3 is 0 Å². The van der Waals surface area contributed by atoms with Gasteiger partial charge in [0.2, 0.25) is 16.0 Å². The lowest BCUT2D eigenvalue weighted by Gasteiger charge is -2.30. The Morgan fingerprint density at radius 1 is 1.16 bits per heavy atom. The molecular weight excluding hydrogens is 338 g/mol. The number of hydrogen-bond donors (Lipinski definition) is 1. The summed E-state index contributed by atoms with van der Waals surface area (Å²) in [6, 6.07) is 7.65. The minimum atomic E-state index is -3.17. The minimum Gasteiger partial charge on any atom is -0.309 e. The van der Waals surface area contributed by atoms with Crippen LogP contribution in [0.4, 0.5) is 11.8 Å². The van der Waals surface area contributed by atoms with E-state index in [4.69, 9.17) is 0 Å². The number of anilines is 2. The number of aryl methyl sites for hydroxylation is 2. The third-order valence-electron chi connectivity index (χ3n) is 4.26. The molecule has 8 heteroatoms. The van der Waals surface area contributed by atoms with Crippen molar-refractivity contribution in [1.82, 2.24) is 19.3 Å². The highest BCUT2D eigenvalue weighted by Crippen LogP contribution is 2.27. The van der Waals surface area contributed by atoms with E-state index in [1.807, 2.05) is 38.1 Å². The molecule has 0 saturated carbocycles. The first kappa shape index (κ1) is 17.8. The third-order valence-corrected chi connectivity index (χ3v) is 5.53. The Balaban J connectivity index is 1.79. The van der Waals surface area contributed by atoms with Gasteiger partial charge in [0.25, 0.3) is 0 Å². The Morgan fingerprint density at radius 2 is 1.88 bits per heavy atom. The summed E-state index contributed by atoms with van der Waals surface area (Å²) >= 11 is 0. The van der Waals surface area contributed by atoms with Crippen LogP contribution in [-0.4, -0.2) is 47.0 Å². The molecule has 0 amide bonds. The van der Waals surface area contributed by atoms with Crippen molar-refractivity contribution in [2.24, 2.45) is 0 Å². The fraction of sp³-hybridized carbons (Fsp3) is 0.471. The van der Waals surface area contributed by atoms with Crippen LogP contribution in [0.15, 0.2) is 24.3 Å². The Kier molecular flexibility index (Phi) is 5.01. The van der Waals surface area contributed by atoms with E-state index in [-0.39, 0.29) is 5.92 Å². The predicted molar refractivity (Wildman–Crippen MR) is 97.4 cm³/mol. The van der Waals surface area contributed by atoms with Crippen molar-refractivity contribution in [3.05, 3.63) is 41.3 Å². The molecule has 1 saturated heterocycles. The molecule has 2 aromatic heterocycles. The summed E-state index contributed by atoms with van der Waals surface area (Å²) in [5, 5.41) is 3.14. The second kappa shape index (κ2) is 7.05. The highest BCUT2D eigenvalue weighted by molar-refractivity contribution is 7.88. The van der Waals surface area contributed by atoms with Crippen LogP contribution in [0.1, 0.15) is 35.8 Å². The van der Waals surface area contributed by atoms with Crippen LogP contribution in [0.25, 0.3) is 0 Å². The number of hydrogen-bond acceptors (Lipinski definition) is 6. The summed E-state index contributed by atoms with van der Waals surface area (Å²) in [7, 11) is -3.17. The van der Waals surface area contributed by atoms with Crippen LogP contribution in [0.3, 0.4) is 0 Å². The quantitative estimate of drug-likeness (QED) is 0.899. The van der Waals surface area contributed by atoms with Gasteiger partial charge < -0.3 is 5.32 Å². The third kappa shape index (κ3) is 4.52. The summed E-state index contributed by atoms with van der Waals surface area (Å²) in [5.41, 5.74) is 2.67. The molecule has 7 nitrogen and oxygen atoms in total. The van der Waals surface area contributed by atoms with Crippen LogP contribution >= 0.6 is 0 Å². The summed E-state index contributed by atoms with van der Waals surface area (Å²) in [5.74, 6) is 1.29. The first-order valence-electron chi connectivity index (χ1n) is 8.32. The normalized spacial score (nSPS) is 18.9. The molecule has 0 radical (unpaired) electrons. The molecule has 1 N–H and O–H groups in total. The molecule has 1 atom stereocenters. The van der Waals surface area contributed by atoms with E-state index in [0.717, 1.165) is 29.9 Å². The zero-order chi connectivity index (χ0) is 18.0. The molecule has 134 valence electrons. The zero-order valence-electron chi connectivity index (χ0n) is 14.7. The van der Waals surface area contributed by atoms with E-state index in [9.17, 15) is 8.42 Å². The molecule has 0 spiro atoms. The van der Waals surface area contributed by atoms with Crippen LogP contribution in [0.5, 0.6) is 0 Å². The summed E-state index contributed by atoms with van der Waals surface area (Å²) < 4.78 is 25.2. The van der Waals surface area contributed by atoms with Gasteiger partial charge in [-0.3, -0.25) is 0 Å². The maximum atomic E-state index is 11.8. The lowest BCUT2D eigenvalue weighted by Crippen LogP contribution is -2.38. The van der Waals surface area contributed by atoms with Crippen molar-refractivity contribution < 1.29 is 8.42 Å². The number of nitrogens with one attached hydrogen (secondary N) is 1. The lowest BCUT2D eigenvalue weighted by atomic mass is 9.96. The number of piperidine rings is 1. The second-order valence-corrected chi connectivity index (χ2v) is 8.49. The summed E-state index contributed by atoms with van der Waals surface area (Å²) in [4.78, 5) is 13.4. The van der Waals surface area contributed by atoms with Crippen molar-refractivity contribution in [3.63, 3.8) is 0 Å². The maximum absolute atomic E-state index is 11.8. The lowest BCUT2D eigenvalue weighted by molar-refractivity contribution is 0.314. The Bertz CT molecular complexity index is 849. The fourth-order valence-corrected chi connectivity index (χ4v) is 4.04. The zero-order valence-corrected chi connectivity index (χ0v) is 15.5. The summed E-state index contributed by atoms with van der Waals surface area (Å²) in [6.45, 7) is 4.91. The fourth-order valence-electron chi connectivity index (χ4n) is 3.13. The largest absolute Gasteiger partial charge is 0.309 e. The standard InChI is InChI=1S/C17H23N5O2S/c1-12-10-13(2)19-17(18-12)21-16-8-4-7-15(20-16)14-6-5-9-22(11-14)25(3,23)24/h4,7-8,10,14H,5-6,9,11H2,1-3H3,(H,18,19,20,21). The van der Waals surface area contributed by atoms with E-state index in [1.54, 1.807) is 0 Å². The minimum absolute atomic E-state index is 0.102. The second-order valence-electron chi connectivity index (χ2n) is 6.51. The SMILES string of the molecule is Cc1cc(C)nc(Nc2cccc(C3CCCN(S(C)(=O)=O)C3)n2)n1. The molecule has 1 unspecified atom stereocenters. The number of nitrogens with zero attached hydrogens (tertiary/aromatic N) is 4. The molecule has 2 aromatic rings. The van der Waals surface area contributed by atoms with Gasteiger partial charge in [0.05, 0.1) is 6.26 Å². The van der Waals surface area contributed by atoms with Gasteiger partial charge in [-0.15, -0.1) is 0 Å². The maximum Gasteiger partial charge on any atom is 0.228 e. The highest BCUT2D eigenvalue weighted by Gasteiger charge is 2.27. The van der Waals surface area contributed by atoms with E-state index in [0.29, 0.717) is 24.9 Å². The smallest absolute Gasteiger partial charge is 0.228 e. The summed E-state index contributed by atoms with van der Waals surface area (Å²) in [6.07, 6.45) is 3.04. The molecule has 0 aromatic carbocycles. The van der Waals surface area contributed by atoms with E-state index < -0.39 is 10.0 Å². The molecule has 3 heterocycles. The van der Waals surface area contributed by atoms with Gasteiger partial charge in [-0.2, -0.15) is 0 Å². The first-order chi connectivity index (χ1) is 11.8. The Labute approximate surface area is 148 Å². The molecular formula is C17H23N5O2S. The number of rotatable bonds is 4. The van der Waals surface area contributed by atoms with Gasteiger partial charge in [-0.25, -0.2) is 27.7 Å². The van der Waals surface area contributed by atoms with E-state index in [1.165, 1.54) is 10.6 Å². The van der Waals surface area contributed by atoms with Crippen molar-refractivity contribution in [3.8, 4) is 0 Å². The van der Waals surface area contributed by atoms with Crippen LogP contribution in [0.2, 0.25) is 0 Å². The van der Waals surface area contributed by atoms with Crippen molar-refractivity contribution in [2.75, 3.05) is 24.7 Å². The van der Waals surface area contributed by atoms with Gasteiger partial charge in [-0.05, 0) is 44.9 Å². The van der Waals surface area contributed by atoms with Gasteiger partial charge in [0.15, 0.2) is 0 Å². The van der Waals surface area contributed by atoms with Crippen molar-refractivity contribution in [1.29, 1.82) is 0 Å². The van der Waals surface area contributed by atoms with E-state index in [2.05, 4.69) is 20.3 Å². The van der Waals surface area contributed by atoms with Crippen molar-refractivity contribution in [2.45, 2.75) is 32.6 Å². The molecule has 1 aliphatic heterocycles. The Hall–Kier alpha value is -2.06. The average Bonchev–Trinajstić information content (AvgIpc) is 2.53. The van der Waals surface area contributed by atoms with E-state index >= 15 is 0 Å². The van der Waals surface area contributed by atoms with Gasteiger partial charge in [-0.1, -0.05) is 6.07 Å². The van der Waals surface area contributed by atoms with Crippen LogP contribution in [-0.2, 0) is 10.0 Å². The Morgan fingerprint density at radius 3 is 2.56 bits per heavy atom. The monoisotopic (exact) mass is 361 g/mol. The highest BCUT2D eigenvalue weighted by atomic mass is 32.2. The molecule has 0 bridgehead atoms. The van der Waals surface area contributed by atoms with Crippen LogP contribution < -0.4 is 5.32 Å². The van der Waals surface area contributed by atoms with Gasteiger partial charge in [0, 0.05) is 36.1 Å².